The highest BCUT2D eigenvalue weighted by Gasteiger charge is 2.22. The van der Waals surface area contributed by atoms with Gasteiger partial charge in [0.05, 0.1) is 13.2 Å². The average molecular weight is 498 g/mol. The topological polar surface area (TPSA) is 150 Å². The molecule has 1 rings (SSSR count). The van der Waals surface area contributed by atoms with Gasteiger partial charge in [-0.2, -0.15) is 0 Å². The van der Waals surface area contributed by atoms with Crippen molar-refractivity contribution < 1.29 is 47.6 Å². The first-order valence-electron chi connectivity index (χ1n) is 11.6. The van der Waals surface area contributed by atoms with Gasteiger partial charge in [-0.05, 0) is 43.9 Å². The second-order valence-corrected chi connectivity index (χ2v) is 7.75. The summed E-state index contributed by atoms with van der Waals surface area (Å²) in [6.07, 6.45) is 0.439. The smallest absolute Gasteiger partial charge is 0.462 e. The Hall–Kier alpha value is -3.34. The first kappa shape index (κ1) is 29.7. The van der Waals surface area contributed by atoms with Crippen LogP contribution in [0.3, 0.4) is 0 Å². The molecular formula is C24H35NO10. The van der Waals surface area contributed by atoms with Crippen LogP contribution in [0.4, 0.5) is 9.59 Å². The van der Waals surface area contributed by atoms with Crippen molar-refractivity contribution in [3.8, 4) is 11.5 Å². The number of hydrogen-bond donors (Lipinski definition) is 1. The number of ether oxygens (including phenoxy) is 6. The molecule has 0 unspecified atom stereocenters. The van der Waals surface area contributed by atoms with Crippen LogP contribution in [-0.4, -0.2) is 56.2 Å². The van der Waals surface area contributed by atoms with Gasteiger partial charge < -0.3 is 34.2 Å². The van der Waals surface area contributed by atoms with E-state index in [0.29, 0.717) is 18.4 Å². The maximum Gasteiger partial charge on any atom is 0.513 e. The van der Waals surface area contributed by atoms with Crippen LogP contribution in [-0.2, 0) is 35.0 Å². The van der Waals surface area contributed by atoms with Crippen LogP contribution in [0.2, 0.25) is 0 Å². The third-order valence-corrected chi connectivity index (χ3v) is 4.43. The van der Waals surface area contributed by atoms with Gasteiger partial charge in [0.1, 0.15) is 18.8 Å². The van der Waals surface area contributed by atoms with Crippen LogP contribution in [0.25, 0.3) is 0 Å². The van der Waals surface area contributed by atoms with E-state index in [0.717, 1.165) is 12.8 Å². The highest BCUT2D eigenvalue weighted by Crippen LogP contribution is 2.30. The Bertz CT molecular complexity index is 842. The van der Waals surface area contributed by atoms with E-state index in [4.69, 9.17) is 34.2 Å². The SMILES string of the molecule is CCCCOC(=O)Oc1ccc(C[C@H](N)C(=O)O[C@H](C)COC(C)=O)cc1OC(=O)OCCCC. The van der Waals surface area contributed by atoms with Crippen molar-refractivity contribution in [3.63, 3.8) is 0 Å². The third-order valence-electron chi connectivity index (χ3n) is 4.43. The Morgan fingerprint density at radius 1 is 0.886 bits per heavy atom. The number of carbonyl (C=O) groups is 4. The van der Waals surface area contributed by atoms with Crippen molar-refractivity contribution in [2.24, 2.45) is 5.73 Å². The third kappa shape index (κ3) is 12.6. The van der Waals surface area contributed by atoms with Crippen LogP contribution < -0.4 is 15.2 Å². The molecule has 0 spiro atoms. The van der Waals surface area contributed by atoms with E-state index >= 15 is 0 Å². The van der Waals surface area contributed by atoms with Gasteiger partial charge in [-0.25, -0.2) is 9.59 Å². The average Bonchev–Trinajstić information content (AvgIpc) is 2.79. The first-order valence-corrected chi connectivity index (χ1v) is 11.6. The van der Waals surface area contributed by atoms with Crippen molar-refractivity contribution in [2.45, 2.75) is 71.9 Å². The monoisotopic (exact) mass is 497 g/mol. The molecule has 196 valence electrons. The number of benzene rings is 1. The Morgan fingerprint density at radius 3 is 2.00 bits per heavy atom. The summed E-state index contributed by atoms with van der Waals surface area (Å²) in [4.78, 5) is 47.2. The van der Waals surface area contributed by atoms with Gasteiger partial charge >= 0.3 is 24.2 Å². The Balaban J connectivity index is 2.89. The van der Waals surface area contributed by atoms with E-state index in [2.05, 4.69) is 0 Å². The Morgan fingerprint density at radius 2 is 1.46 bits per heavy atom. The van der Waals surface area contributed by atoms with E-state index < -0.39 is 36.4 Å². The van der Waals surface area contributed by atoms with Crippen molar-refractivity contribution in [1.29, 1.82) is 0 Å². The molecule has 0 heterocycles. The summed E-state index contributed by atoms with van der Waals surface area (Å²) in [5.74, 6) is -1.35. The van der Waals surface area contributed by atoms with Gasteiger partial charge in [-0.15, -0.1) is 0 Å². The molecular weight excluding hydrogens is 462 g/mol. The first-order chi connectivity index (χ1) is 16.7. The van der Waals surface area contributed by atoms with E-state index in [1.807, 2.05) is 13.8 Å². The van der Waals surface area contributed by atoms with Crippen molar-refractivity contribution in [3.05, 3.63) is 23.8 Å². The molecule has 0 amide bonds. The summed E-state index contributed by atoms with van der Waals surface area (Å²) in [5, 5.41) is 0. The fourth-order valence-corrected chi connectivity index (χ4v) is 2.57. The summed E-state index contributed by atoms with van der Waals surface area (Å²) >= 11 is 0. The maximum absolute atomic E-state index is 12.3. The summed E-state index contributed by atoms with van der Waals surface area (Å²) in [5.41, 5.74) is 6.46. The number of nitrogens with two attached hydrogens (primary N) is 1. The number of hydrogen-bond acceptors (Lipinski definition) is 11. The molecule has 1 aromatic rings. The van der Waals surface area contributed by atoms with Gasteiger partial charge in [0.15, 0.2) is 11.5 Å². The van der Waals surface area contributed by atoms with Crippen LogP contribution >= 0.6 is 0 Å². The number of rotatable bonds is 14. The molecule has 0 aliphatic heterocycles. The van der Waals surface area contributed by atoms with E-state index in [9.17, 15) is 19.2 Å². The fraction of sp³-hybridized carbons (Fsp3) is 0.583. The van der Waals surface area contributed by atoms with Gasteiger partial charge in [-0.1, -0.05) is 32.8 Å². The van der Waals surface area contributed by atoms with Crippen molar-refractivity contribution in [1.82, 2.24) is 0 Å². The van der Waals surface area contributed by atoms with E-state index in [1.165, 1.54) is 19.1 Å². The van der Waals surface area contributed by atoms with Crippen molar-refractivity contribution >= 4 is 24.2 Å². The lowest BCUT2D eigenvalue weighted by molar-refractivity contribution is -0.157. The molecule has 2 N–H and O–H groups in total. The molecule has 35 heavy (non-hydrogen) atoms. The number of unbranched alkanes of at least 4 members (excludes halogenated alkanes) is 2. The predicted octanol–water partition coefficient (Wildman–Crippen LogP) is 3.68. The van der Waals surface area contributed by atoms with Crippen LogP contribution in [0.5, 0.6) is 11.5 Å². The molecule has 0 fully saturated rings. The predicted molar refractivity (Wildman–Crippen MR) is 124 cm³/mol. The van der Waals surface area contributed by atoms with Crippen LogP contribution in [0, 0.1) is 0 Å². The summed E-state index contributed by atoms with van der Waals surface area (Å²) < 4.78 is 30.3. The van der Waals surface area contributed by atoms with E-state index in [-0.39, 0.29) is 37.7 Å². The second kappa shape index (κ2) is 16.3. The zero-order chi connectivity index (χ0) is 26.2. The molecule has 2 atom stereocenters. The van der Waals surface area contributed by atoms with Crippen molar-refractivity contribution in [2.75, 3.05) is 19.8 Å². The standard InChI is InChI=1S/C24H35NO10/c1-5-7-11-30-23(28)34-20-10-9-18(14-21(20)35-24(29)31-12-8-6-2)13-19(25)22(27)33-16(3)15-32-17(4)26/h9-10,14,16,19H,5-8,11-13,15,25H2,1-4H3/t16-,19+/m1/s1. The highest BCUT2D eigenvalue weighted by molar-refractivity contribution is 5.76. The zero-order valence-electron chi connectivity index (χ0n) is 20.7. The lowest BCUT2D eigenvalue weighted by atomic mass is 10.1. The molecule has 0 saturated heterocycles. The zero-order valence-corrected chi connectivity index (χ0v) is 20.7. The van der Waals surface area contributed by atoms with E-state index in [1.54, 1.807) is 13.0 Å². The summed E-state index contributed by atoms with van der Waals surface area (Å²) in [6.45, 7) is 6.98. The molecule has 0 saturated carbocycles. The Labute approximate surface area is 205 Å². The largest absolute Gasteiger partial charge is 0.513 e. The highest BCUT2D eigenvalue weighted by atomic mass is 16.7. The van der Waals surface area contributed by atoms with Gasteiger partial charge in [0.2, 0.25) is 0 Å². The number of carbonyl (C=O) groups excluding carboxylic acids is 4. The minimum Gasteiger partial charge on any atom is -0.462 e. The van der Waals surface area contributed by atoms with Gasteiger partial charge in [-0.3, -0.25) is 9.59 Å². The molecule has 1 aromatic carbocycles. The van der Waals surface area contributed by atoms with Gasteiger partial charge in [0.25, 0.3) is 0 Å². The van der Waals surface area contributed by atoms with Gasteiger partial charge in [0, 0.05) is 6.92 Å². The van der Waals surface area contributed by atoms with Crippen LogP contribution in [0.15, 0.2) is 18.2 Å². The van der Waals surface area contributed by atoms with Crippen LogP contribution in [0.1, 0.15) is 58.9 Å². The lowest BCUT2D eigenvalue weighted by Crippen LogP contribution is -2.37. The minimum atomic E-state index is -1.05. The maximum atomic E-state index is 12.3. The molecule has 11 heteroatoms. The fourth-order valence-electron chi connectivity index (χ4n) is 2.57. The molecule has 11 nitrogen and oxygen atoms in total. The second-order valence-electron chi connectivity index (χ2n) is 7.75. The molecule has 0 radical (unpaired) electrons. The Kier molecular flexibility index (Phi) is 13.8. The molecule has 0 aliphatic rings. The molecule has 0 aromatic heterocycles. The number of esters is 2. The quantitative estimate of drug-likeness (QED) is 0.173. The lowest BCUT2D eigenvalue weighted by Gasteiger charge is -2.17. The summed E-state index contributed by atoms with van der Waals surface area (Å²) in [6, 6.07) is 3.31. The molecule has 0 aliphatic carbocycles. The summed E-state index contributed by atoms with van der Waals surface area (Å²) in [7, 11) is 0. The minimum absolute atomic E-state index is 0.0294. The molecule has 0 bridgehead atoms. The normalized spacial score (nSPS) is 12.1.